The molecule has 3 atom stereocenters. The molecule has 3 N–H and O–H groups in total. The summed E-state index contributed by atoms with van der Waals surface area (Å²) in [5.41, 5.74) is 6.64. The molecule has 0 spiro atoms. The highest BCUT2D eigenvalue weighted by Gasteiger charge is 2.31. The number of para-hydroxylation sites is 1. The summed E-state index contributed by atoms with van der Waals surface area (Å²) in [5, 5.41) is 9.86. The lowest BCUT2D eigenvalue weighted by Crippen LogP contribution is -2.34. The summed E-state index contributed by atoms with van der Waals surface area (Å²) in [6.07, 6.45) is 2.57. The Balaban J connectivity index is 2.09. The Morgan fingerprint density at radius 2 is 2.11 bits per heavy atom. The minimum Gasteiger partial charge on any atom is -0.508 e. The predicted octanol–water partition coefficient (Wildman–Crippen LogP) is 2.04. The second-order valence-electron chi connectivity index (χ2n) is 5.45. The molecule has 1 aromatic rings. The zero-order chi connectivity index (χ0) is 14.0. The van der Waals surface area contributed by atoms with Gasteiger partial charge in [0.2, 0.25) is 5.91 Å². The van der Waals surface area contributed by atoms with Crippen LogP contribution in [0.15, 0.2) is 24.3 Å². The van der Waals surface area contributed by atoms with Crippen LogP contribution in [-0.2, 0) is 4.79 Å². The topological polar surface area (TPSA) is 66.6 Å². The smallest absolute Gasteiger partial charge is 0.225 e. The zero-order valence-corrected chi connectivity index (χ0v) is 11.5. The number of nitrogens with zero attached hydrogens (tertiary/aromatic N) is 1. The maximum absolute atomic E-state index is 12.4. The molecule has 1 fully saturated rings. The third-order valence-corrected chi connectivity index (χ3v) is 4.14. The molecule has 1 aliphatic rings. The van der Waals surface area contributed by atoms with E-state index in [1.165, 1.54) is 0 Å². The molecular weight excluding hydrogens is 240 g/mol. The normalized spacial score (nSPS) is 24.2. The lowest BCUT2D eigenvalue weighted by Gasteiger charge is -2.28. The first-order valence-electron chi connectivity index (χ1n) is 6.81. The van der Waals surface area contributed by atoms with Crippen molar-refractivity contribution < 1.29 is 9.90 Å². The Labute approximate surface area is 114 Å². The Morgan fingerprint density at radius 3 is 2.68 bits per heavy atom. The third-order valence-electron chi connectivity index (χ3n) is 4.14. The number of hydrogen-bond donors (Lipinski definition) is 2. The molecule has 4 heteroatoms. The van der Waals surface area contributed by atoms with Crippen LogP contribution in [0.25, 0.3) is 0 Å². The highest BCUT2D eigenvalue weighted by molar-refractivity contribution is 5.79. The van der Waals surface area contributed by atoms with Crippen molar-refractivity contribution in [1.82, 2.24) is 4.90 Å². The number of amides is 1. The number of phenolic OH excluding ortho intramolecular Hbond substituents is 1. The van der Waals surface area contributed by atoms with Crippen LogP contribution >= 0.6 is 0 Å². The van der Waals surface area contributed by atoms with Crippen LogP contribution in [0, 0.1) is 5.92 Å². The number of carbonyl (C=O) groups excluding carboxylic acids is 1. The second kappa shape index (κ2) is 5.61. The fraction of sp³-hybridized carbons (Fsp3) is 0.533. The number of benzene rings is 1. The number of rotatable bonds is 3. The highest BCUT2D eigenvalue weighted by Crippen LogP contribution is 2.31. The van der Waals surface area contributed by atoms with E-state index in [1.54, 1.807) is 24.1 Å². The molecule has 1 aromatic carbocycles. The van der Waals surface area contributed by atoms with Crippen molar-refractivity contribution in [3.8, 4) is 5.75 Å². The molecular formula is C15H22N2O2. The maximum atomic E-state index is 12.4. The van der Waals surface area contributed by atoms with E-state index in [0.29, 0.717) is 0 Å². The van der Waals surface area contributed by atoms with Crippen molar-refractivity contribution in [2.75, 3.05) is 7.05 Å². The summed E-state index contributed by atoms with van der Waals surface area (Å²) in [4.78, 5) is 14.1. The molecule has 4 nitrogen and oxygen atoms in total. The largest absolute Gasteiger partial charge is 0.508 e. The monoisotopic (exact) mass is 262 g/mol. The third kappa shape index (κ3) is 2.89. The van der Waals surface area contributed by atoms with E-state index in [-0.39, 0.29) is 29.7 Å². The fourth-order valence-electron chi connectivity index (χ4n) is 2.77. The Morgan fingerprint density at radius 1 is 1.42 bits per heavy atom. The predicted molar refractivity (Wildman–Crippen MR) is 74.6 cm³/mol. The lowest BCUT2D eigenvalue weighted by atomic mass is 10.0. The van der Waals surface area contributed by atoms with Crippen LogP contribution in [0.4, 0.5) is 0 Å². The number of nitrogens with two attached hydrogens (primary N) is 1. The fourth-order valence-corrected chi connectivity index (χ4v) is 2.77. The molecule has 1 saturated carbocycles. The van der Waals surface area contributed by atoms with Gasteiger partial charge in [-0.1, -0.05) is 18.2 Å². The van der Waals surface area contributed by atoms with Crippen LogP contribution < -0.4 is 5.73 Å². The first-order chi connectivity index (χ1) is 9.00. The van der Waals surface area contributed by atoms with Gasteiger partial charge in [0.05, 0.1) is 6.04 Å². The van der Waals surface area contributed by atoms with Gasteiger partial charge in [-0.15, -0.1) is 0 Å². The summed E-state index contributed by atoms with van der Waals surface area (Å²) in [7, 11) is 1.79. The van der Waals surface area contributed by atoms with Crippen LogP contribution in [0.1, 0.15) is 37.8 Å². The van der Waals surface area contributed by atoms with E-state index < -0.39 is 0 Å². The van der Waals surface area contributed by atoms with E-state index >= 15 is 0 Å². The molecule has 0 aliphatic heterocycles. The van der Waals surface area contributed by atoms with Crippen LogP contribution in [0.3, 0.4) is 0 Å². The van der Waals surface area contributed by atoms with Gasteiger partial charge >= 0.3 is 0 Å². The average Bonchev–Trinajstić information content (AvgIpc) is 2.83. The van der Waals surface area contributed by atoms with Crippen molar-refractivity contribution in [3.05, 3.63) is 29.8 Å². The van der Waals surface area contributed by atoms with Crippen molar-refractivity contribution in [1.29, 1.82) is 0 Å². The SMILES string of the molecule is CC(c1ccccc1O)N(C)C(=O)C1CCC(N)C1. The summed E-state index contributed by atoms with van der Waals surface area (Å²) in [6.45, 7) is 1.93. The van der Waals surface area contributed by atoms with Crippen LogP contribution in [0.2, 0.25) is 0 Å². The first-order valence-corrected chi connectivity index (χ1v) is 6.81. The molecule has 0 radical (unpaired) electrons. The zero-order valence-electron chi connectivity index (χ0n) is 11.5. The van der Waals surface area contributed by atoms with Gasteiger partial charge in [0.25, 0.3) is 0 Å². The van der Waals surface area contributed by atoms with E-state index in [0.717, 1.165) is 24.8 Å². The quantitative estimate of drug-likeness (QED) is 0.876. The minimum atomic E-state index is -0.134. The molecule has 0 aromatic heterocycles. The van der Waals surface area contributed by atoms with Gasteiger partial charge in [-0.05, 0) is 32.3 Å². The molecule has 0 heterocycles. The van der Waals surface area contributed by atoms with Crippen molar-refractivity contribution in [2.24, 2.45) is 11.7 Å². The highest BCUT2D eigenvalue weighted by atomic mass is 16.3. The Hall–Kier alpha value is -1.55. The molecule has 2 rings (SSSR count). The van der Waals surface area contributed by atoms with Gasteiger partial charge in [0.1, 0.15) is 5.75 Å². The van der Waals surface area contributed by atoms with Crippen molar-refractivity contribution >= 4 is 5.91 Å². The second-order valence-corrected chi connectivity index (χ2v) is 5.45. The van der Waals surface area contributed by atoms with Gasteiger partial charge in [0.15, 0.2) is 0 Å². The number of phenols is 1. The summed E-state index contributed by atoms with van der Waals surface area (Å²) >= 11 is 0. The van der Waals surface area contributed by atoms with E-state index in [4.69, 9.17) is 5.73 Å². The molecule has 0 saturated heterocycles. The Kier molecular flexibility index (Phi) is 4.10. The van der Waals surface area contributed by atoms with Crippen molar-refractivity contribution in [3.63, 3.8) is 0 Å². The van der Waals surface area contributed by atoms with Crippen molar-refractivity contribution in [2.45, 2.75) is 38.3 Å². The van der Waals surface area contributed by atoms with Crippen LogP contribution in [0.5, 0.6) is 5.75 Å². The van der Waals surface area contributed by atoms with Gasteiger partial charge in [0, 0.05) is 24.6 Å². The summed E-state index contributed by atoms with van der Waals surface area (Å²) in [6, 6.07) is 7.17. The molecule has 1 aliphatic carbocycles. The van der Waals surface area contributed by atoms with Gasteiger partial charge in [-0.3, -0.25) is 4.79 Å². The molecule has 0 bridgehead atoms. The first kappa shape index (κ1) is 13.9. The van der Waals surface area contributed by atoms with E-state index in [2.05, 4.69) is 0 Å². The number of carbonyl (C=O) groups is 1. The standard InChI is InChI=1S/C15H22N2O2/c1-10(13-5-3-4-6-14(13)18)17(2)15(19)11-7-8-12(16)9-11/h3-6,10-12,18H,7-9,16H2,1-2H3. The summed E-state index contributed by atoms with van der Waals surface area (Å²) in [5.74, 6) is 0.398. The van der Waals surface area contributed by atoms with Gasteiger partial charge in [-0.25, -0.2) is 0 Å². The van der Waals surface area contributed by atoms with E-state index in [1.807, 2.05) is 19.1 Å². The van der Waals surface area contributed by atoms with E-state index in [9.17, 15) is 9.90 Å². The number of hydrogen-bond acceptors (Lipinski definition) is 3. The number of aromatic hydroxyl groups is 1. The molecule has 104 valence electrons. The van der Waals surface area contributed by atoms with Crippen LogP contribution in [-0.4, -0.2) is 29.0 Å². The lowest BCUT2D eigenvalue weighted by molar-refractivity contribution is -0.136. The minimum absolute atomic E-state index is 0.0355. The average molecular weight is 262 g/mol. The van der Waals surface area contributed by atoms with Gasteiger partial charge < -0.3 is 15.7 Å². The summed E-state index contributed by atoms with van der Waals surface area (Å²) < 4.78 is 0. The molecule has 3 unspecified atom stereocenters. The maximum Gasteiger partial charge on any atom is 0.225 e. The molecule has 19 heavy (non-hydrogen) atoms. The van der Waals surface area contributed by atoms with Gasteiger partial charge in [-0.2, -0.15) is 0 Å². The Bertz CT molecular complexity index is 461. The molecule has 1 amide bonds.